The Morgan fingerprint density at radius 3 is 1.19 bits per heavy atom. The van der Waals surface area contributed by atoms with Gasteiger partial charge >= 0.3 is 41.4 Å². The summed E-state index contributed by atoms with van der Waals surface area (Å²) in [5, 5.41) is 8.97. The Hall–Kier alpha value is -1.84. The van der Waals surface area contributed by atoms with Crippen molar-refractivity contribution in [1.29, 1.82) is 0 Å². The molecule has 0 atom stereocenters. The number of hydrogen-bond donors (Lipinski definition) is 1. The lowest BCUT2D eigenvalue weighted by atomic mass is 10.3. The molecule has 31 heteroatoms. The number of aliphatic hydroxyl groups excluding tert-OH is 1. The van der Waals surface area contributed by atoms with E-state index >= 15 is 0 Å². The van der Waals surface area contributed by atoms with E-state index < -0.39 is 23.4 Å². The van der Waals surface area contributed by atoms with Gasteiger partial charge in [-0.05, 0) is 81.2 Å². The van der Waals surface area contributed by atoms with E-state index in [2.05, 4.69) is 19.2 Å². The summed E-state index contributed by atoms with van der Waals surface area (Å²) in [4.78, 5) is 110. The van der Waals surface area contributed by atoms with Gasteiger partial charge in [-0.25, -0.2) is 9.59 Å². The Morgan fingerprint density at radius 1 is 0.514 bits per heavy atom. The summed E-state index contributed by atoms with van der Waals surface area (Å²) in [6.45, 7) is 6.25. The number of hydrogen-bond acceptors (Lipinski definition) is 29. The molecule has 0 spiro atoms. The number of rotatable bonds is 39. The van der Waals surface area contributed by atoms with Crippen molar-refractivity contribution in [2.24, 2.45) is 0 Å². The Bertz CT molecular complexity index is 1520. The number of methoxy groups -OCH3 is 1. The zero-order valence-corrected chi connectivity index (χ0v) is 51.0. The number of imide groups is 1. The van der Waals surface area contributed by atoms with Crippen molar-refractivity contribution in [3.05, 3.63) is 0 Å². The zero-order valence-electron chi connectivity index (χ0n) is 43.7. The van der Waals surface area contributed by atoms with Crippen LogP contribution >= 0.6 is 98.0 Å². The fourth-order valence-corrected chi connectivity index (χ4v) is 10.9. The Balaban J connectivity index is -0.000000940. The number of carbonyl (C=O) groups excluding carboxylic acids is 9. The topological polar surface area (TPSA) is 261 Å². The molecule has 0 unspecified atom stereocenters. The summed E-state index contributed by atoms with van der Waals surface area (Å²) in [6, 6.07) is 0. The lowest BCUT2D eigenvalue weighted by Crippen LogP contribution is -2.32. The van der Waals surface area contributed by atoms with Crippen LogP contribution in [0.1, 0.15) is 58.3 Å². The van der Waals surface area contributed by atoms with Gasteiger partial charge in [-0.15, -0.1) is 0 Å². The second kappa shape index (κ2) is 55.9. The summed E-state index contributed by atoms with van der Waals surface area (Å²) in [5.74, 6) is 2.96. The first kappa shape index (κ1) is 76.4. The molecule has 0 aliphatic carbocycles. The Labute approximate surface area is 473 Å². The standard InChI is InChI=1S/C15H24N2O7S2.C12H23NO4S2.C10H21NO3S2.C6H9ClO4S2/c1-16(2)7-3-4-14(20)22-8-10-25-26-11-9-23-15(21)24-17-12(18)5-6-13(17)19;1-11(14)16-7-9-18-19-10-8-17-12(15)5-4-6-13(2)3;1-11(2)5-3-4-10(13)14-7-9-16-15-8-6-12;1-10-5(8)4-13-12-3-2-11-6(7)9/h3-11H2,1-2H3;4-10H2,1-3H3;12H,3-9H2,1-2H3;2-4H2,1H3. The summed E-state index contributed by atoms with van der Waals surface area (Å²) < 4.78 is 33.7. The fraction of sp³-hybridized carbons (Fsp3) is 0.791. The predicted octanol–water partition coefficient (Wildman–Crippen LogP) is 6.45. The van der Waals surface area contributed by atoms with Gasteiger partial charge in [0.2, 0.25) is 0 Å². The SMILES string of the molecule is CC(=O)OCCSSCCOC(=O)CCCN(C)C.CN(C)CCCC(=O)OCCSSCCO.CN(C)CCCC(=O)OCCSSCCOC(=O)ON1C(=O)CCC1=O.COC(=O)CSSCCOC(=O)Cl. The molecular weight excluding hydrogens is 1150 g/mol. The van der Waals surface area contributed by atoms with Gasteiger partial charge in [-0.3, -0.25) is 38.4 Å². The predicted molar refractivity (Wildman–Crippen MR) is 302 cm³/mol. The van der Waals surface area contributed by atoms with Gasteiger partial charge in [0.05, 0.1) is 13.7 Å². The van der Waals surface area contributed by atoms with Crippen molar-refractivity contribution in [3.8, 4) is 0 Å². The van der Waals surface area contributed by atoms with E-state index in [0.29, 0.717) is 68.0 Å². The minimum atomic E-state index is -1.08. The normalized spacial score (nSPS) is 11.6. The highest BCUT2D eigenvalue weighted by Crippen LogP contribution is 2.23. The smallest absolute Gasteiger partial charge is 0.468 e. The van der Waals surface area contributed by atoms with Crippen molar-refractivity contribution < 1.29 is 86.3 Å². The van der Waals surface area contributed by atoms with Crippen LogP contribution in [0.4, 0.5) is 9.59 Å². The van der Waals surface area contributed by atoms with Gasteiger partial charge in [0.15, 0.2) is 0 Å². The maximum atomic E-state index is 11.4. The van der Waals surface area contributed by atoms with E-state index in [-0.39, 0.29) is 68.3 Å². The molecule has 0 aromatic heterocycles. The monoisotopic (exact) mass is 1230 g/mol. The van der Waals surface area contributed by atoms with Gasteiger partial charge in [-0.2, -0.15) is 0 Å². The largest absolute Gasteiger partial charge is 0.533 e. The maximum absolute atomic E-state index is 11.4. The van der Waals surface area contributed by atoms with E-state index in [1.54, 1.807) is 43.2 Å². The third-order valence-corrected chi connectivity index (χ3v) is 16.9. The molecule has 1 N–H and O–H groups in total. The van der Waals surface area contributed by atoms with E-state index in [1.165, 1.54) is 57.2 Å². The van der Waals surface area contributed by atoms with E-state index in [4.69, 9.17) is 40.4 Å². The number of carbonyl (C=O) groups is 9. The molecule has 0 radical (unpaired) electrons. The average molecular weight is 1230 g/mol. The van der Waals surface area contributed by atoms with Gasteiger partial charge < -0.3 is 53.0 Å². The van der Waals surface area contributed by atoms with Crippen LogP contribution in [-0.2, 0) is 71.6 Å². The number of ether oxygens (including phenoxy) is 7. The first-order chi connectivity index (χ1) is 35.2. The molecule has 1 aliphatic heterocycles. The van der Waals surface area contributed by atoms with Crippen LogP contribution in [0, 0.1) is 0 Å². The van der Waals surface area contributed by atoms with Crippen LogP contribution in [0.2, 0.25) is 0 Å². The molecule has 432 valence electrons. The van der Waals surface area contributed by atoms with Crippen molar-refractivity contribution in [3.63, 3.8) is 0 Å². The third-order valence-electron chi connectivity index (χ3n) is 7.57. The Kier molecular flexibility index (Phi) is 57.7. The van der Waals surface area contributed by atoms with E-state index in [1.807, 2.05) is 52.1 Å². The molecule has 0 saturated carbocycles. The van der Waals surface area contributed by atoms with Crippen molar-refractivity contribution in [2.45, 2.75) is 58.3 Å². The Morgan fingerprint density at radius 2 is 0.851 bits per heavy atom. The number of nitrogens with zero attached hydrogens (tertiary/aromatic N) is 4. The van der Waals surface area contributed by atoms with E-state index in [0.717, 1.165) is 61.9 Å². The van der Waals surface area contributed by atoms with Crippen molar-refractivity contribution in [2.75, 3.05) is 161 Å². The number of hydroxylamine groups is 2. The summed E-state index contributed by atoms with van der Waals surface area (Å²) >= 11 is 4.91. The van der Waals surface area contributed by atoms with Gasteiger partial charge in [0.1, 0.15) is 45.4 Å². The lowest BCUT2D eigenvalue weighted by Gasteiger charge is -2.12. The number of esters is 5. The summed E-state index contributed by atoms with van der Waals surface area (Å²) in [7, 11) is 25.3. The molecule has 1 aliphatic rings. The number of halogens is 1. The molecule has 1 rings (SSSR count). The molecule has 1 heterocycles. The summed E-state index contributed by atoms with van der Waals surface area (Å²) in [5.41, 5.74) is -0.807. The molecule has 2 amide bonds. The molecule has 74 heavy (non-hydrogen) atoms. The molecule has 1 saturated heterocycles. The third kappa shape index (κ3) is 61.0. The highest BCUT2D eigenvalue weighted by molar-refractivity contribution is 8.77. The molecular formula is C43H77ClN4O18S8. The highest BCUT2D eigenvalue weighted by atomic mass is 35.5. The van der Waals surface area contributed by atoms with Gasteiger partial charge in [0, 0.05) is 90.9 Å². The van der Waals surface area contributed by atoms with Crippen LogP contribution in [0.25, 0.3) is 0 Å². The number of aliphatic hydroxyl groups is 1. The summed E-state index contributed by atoms with van der Waals surface area (Å²) in [6.07, 6.45) is 2.83. The molecule has 0 aromatic carbocycles. The fourth-order valence-electron chi connectivity index (χ4n) is 4.30. The second-order valence-electron chi connectivity index (χ2n) is 14.9. The minimum absolute atomic E-state index is 0.0405. The molecule has 0 bridgehead atoms. The minimum Gasteiger partial charge on any atom is -0.468 e. The molecule has 0 aromatic rings. The van der Waals surface area contributed by atoms with Crippen LogP contribution < -0.4 is 0 Å². The van der Waals surface area contributed by atoms with Gasteiger partial charge in [0.25, 0.3) is 11.8 Å². The second-order valence-corrected chi connectivity index (χ2v) is 25.9. The lowest BCUT2D eigenvalue weighted by molar-refractivity contribution is -0.177. The van der Waals surface area contributed by atoms with Crippen LogP contribution in [0.5, 0.6) is 0 Å². The van der Waals surface area contributed by atoms with Crippen LogP contribution in [0.15, 0.2) is 0 Å². The first-order valence-corrected chi connectivity index (χ1v) is 33.3. The first-order valence-electron chi connectivity index (χ1n) is 23.0. The van der Waals surface area contributed by atoms with Crippen molar-refractivity contribution in [1.82, 2.24) is 19.8 Å². The number of amides is 2. The van der Waals surface area contributed by atoms with Crippen LogP contribution in [0.3, 0.4) is 0 Å². The van der Waals surface area contributed by atoms with Crippen LogP contribution in [-0.4, -0.2) is 239 Å². The molecule has 1 fully saturated rings. The quantitative estimate of drug-likeness (QED) is 0.0173. The zero-order chi connectivity index (χ0) is 56.2. The van der Waals surface area contributed by atoms with Gasteiger partial charge in [-0.1, -0.05) is 91.4 Å². The van der Waals surface area contributed by atoms with Crippen molar-refractivity contribution >= 4 is 151 Å². The van der Waals surface area contributed by atoms with E-state index in [9.17, 15) is 43.2 Å². The average Bonchev–Trinajstić information content (AvgIpc) is 3.65. The molecule has 22 nitrogen and oxygen atoms in total. The highest BCUT2D eigenvalue weighted by Gasteiger charge is 2.33. The maximum Gasteiger partial charge on any atom is 0.533 e.